The molecular formula is C35H14Cl10O2. The highest BCUT2D eigenvalue weighted by atomic mass is 35.5. The van der Waals surface area contributed by atoms with Gasteiger partial charge in [0.2, 0.25) is 0 Å². The third-order valence-electron chi connectivity index (χ3n) is 8.73. The van der Waals surface area contributed by atoms with E-state index in [0.717, 1.165) is 21.9 Å². The predicted molar refractivity (Wildman–Crippen MR) is 206 cm³/mol. The van der Waals surface area contributed by atoms with Gasteiger partial charge in [-0.05, 0) is 59.9 Å². The average Bonchev–Trinajstić information content (AvgIpc) is 3.63. The molecule has 47 heavy (non-hydrogen) atoms. The first-order valence-electron chi connectivity index (χ1n) is 14.0. The lowest BCUT2D eigenvalue weighted by Gasteiger charge is -2.14. The summed E-state index contributed by atoms with van der Waals surface area (Å²) in [5.41, 5.74) is 5.07. The summed E-state index contributed by atoms with van der Waals surface area (Å²) in [7, 11) is 0. The minimum absolute atomic E-state index is 0.234. The van der Waals surface area contributed by atoms with Crippen LogP contribution in [-0.2, 0) is 6.42 Å². The molecule has 0 amide bonds. The number of hydrogen-bond donors (Lipinski definition) is 0. The molecule has 0 saturated carbocycles. The van der Waals surface area contributed by atoms with Gasteiger partial charge in [0.15, 0.2) is 0 Å². The van der Waals surface area contributed by atoms with Crippen LogP contribution in [0.25, 0.3) is 76.5 Å². The van der Waals surface area contributed by atoms with E-state index in [1.807, 2.05) is 43.3 Å². The van der Waals surface area contributed by atoms with Crippen LogP contribution in [0.15, 0.2) is 45.2 Å². The lowest BCUT2D eigenvalue weighted by atomic mass is 9.98. The largest absolute Gasteiger partial charge is 0.455 e. The Bertz CT molecular complexity index is 2740. The molecule has 8 aromatic rings. The van der Waals surface area contributed by atoms with Gasteiger partial charge < -0.3 is 8.83 Å². The quantitative estimate of drug-likeness (QED) is 0.162. The Balaban J connectivity index is 1.41. The SMILES string of the molecule is CCc1c(Cl)c(Cl)c2c(Cl)c(Cl)c3c4cc(-c5ccc6oc7c8c(Cl)c(Cl)c(C)c(Cl)c8c(Cl)c(Cl)c7c6c5)ccc4oc3c2c1Cl. The van der Waals surface area contributed by atoms with Crippen LogP contribution >= 0.6 is 116 Å². The van der Waals surface area contributed by atoms with Crippen molar-refractivity contribution < 1.29 is 8.83 Å². The molecule has 0 atom stereocenters. The van der Waals surface area contributed by atoms with Crippen LogP contribution in [0.4, 0.5) is 0 Å². The number of rotatable bonds is 2. The zero-order chi connectivity index (χ0) is 33.4. The van der Waals surface area contributed by atoms with Crippen molar-refractivity contribution in [2.75, 3.05) is 0 Å². The highest BCUT2D eigenvalue weighted by molar-refractivity contribution is 6.58. The van der Waals surface area contributed by atoms with Crippen molar-refractivity contribution in [2.24, 2.45) is 0 Å². The number of hydrogen-bond acceptors (Lipinski definition) is 2. The van der Waals surface area contributed by atoms with E-state index in [0.29, 0.717) is 92.3 Å². The molecule has 2 heterocycles. The minimum atomic E-state index is 0.234. The van der Waals surface area contributed by atoms with Crippen LogP contribution < -0.4 is 0 Å². The second kappa shape index (κ2) is 11.4. The second-order valence-corrected chi connectivity index (χ2v) is 14.9. The summed E-state index contributed by atoms with van der Waals surface area (Å²) in [6.07, 6.45) is 0.557. The van der Waals surface area contributed by atoms with Crippen LogP contribution in [-0.4, -0.2) is 0 Å². The van der Waals surface area contributed by atoms with E-state index in [9.17, 15) is 0 Å². The van der Waals surface area contributed by atoms with Crippen molar-refractivity contribution in [2.45, 2.75) is 20.3 Å². The molecule has 0 aliphatic heterocycles. The third kappa shape index (κ3) is 4.40. The van der Waals surface area contributed by atoms with Gasteiger partial charge >= 0.3 is 0 Å². The first kappa shape index (κ1) is 32.5. The lowest BCUT2D eigenvalue weighted by molar-refractivity contribution is 0.672. The first-order valence-corrected chi connectivity index (χ1v) is 17.8. The van der Waals surface area contributed by atoms with Gasteiger partial charge in [0.25, 0.3) is 0 Å². The number of furan rings is 2. The molecule has 0 bridgehead atoms. The van der Waals surface area contributed by atoms with Crippen molar-refractivity contribution in [1.82, 2.24) is 0 Å². The van der Waals surface area contributed by atoms with Gasteiger partial charge in [-0.15, -0.1) is 0 Å². The van der Waals surface area contributed by atoms with Gasteiger partial charge in [0.1, 0.15) is 22.3 Å². The molecule has 0 saturated heterocycles. The first-order chi connectivity index (χ1) is 22.4. The average molecular weight is 821 g/mol. The summed E-state index contributed by atoms with van der Waals surface area (Å²) in [5.74, 6) is 0. The van der Waals surface area contributed by atoms with Crippen molar-refractivity contribution in [3.05, 3.63) is 97.8 Å². The van der Waals surface area contributed by atoms with Crippen molar-refractivity contribution in [3.63, 3.8) is 0 Å². The van der Waals surface area contributed by atoms with Gasteiger partial charge in [-0.1, -0.05) is 135 Å². The smallest absolute Gasteiger partial charge is 0.146 e. The molecule has 0 radical (unpaired) electrons. The molecule has 0 fully saturated rings. The monoisotopic (exact) mass is 816 g/mol. The van der Waals surface area contributed by atoms with E-state index >= 15 is 0 Å². The Labute approximate surface area is 316 Å². The highest BCUT2D eigenvalue weighted by Gasteiger charge is 2.27. The topological polar surface area (TPSA) is 26.3 Å². The predicted octanol–water partition coefficient (Wildman–Crippen LogP) is 16.9. The zero-order valence-electron chi connectivity index (χ0n) is 23.8. The maximum absolute atomic E-state index is 6.92. The molecule has 0 aliphatic carbocycles. The molecule has 8 rings (SSSR count). The van der Waals surface area contributed by atoms with Gasteiger partial charge in [-0.3, -0.25) is 0 Å². The minimum Gasteiger partial charge on any atom is -0.455 e. The van der Waals surface area contributed by atoms with E-state index < -0.39 is 0 Å². The molecule has 0 unspecified atom stereocenters. The van der Waals surface area contributed by atoms with E-state index in [1.54, 1.807) is 6.92 Å². The summed E-state index contributed by atoms with van der Waals surface area (Å²) in [5, 5.41) is 7.65. The fourth-order valence-corrected chi connectivity index (χ4v) is 9.57. The van der Waals surface area contributed by atoms with Gasteiger partial charge in [0.05, 0.1) is 50.2 Å². The number of halogens is 10. The summed E-state index contributed by atoms with van der Waals surface area (Å²) in [6.45, 7) is 3.71. The van der Waals surface area contributed by atoms with Gasteiger partial charge in [-0.2, -0.15) is 0 Å². The van der Waals surface area contributed by atoms with Crippen LogP contribution in [0.3, 0.4) is 0 Å². The van der Waals surface area contributed by atoms with Crippen LogP contribution in [0.1, 0.15) is 18.1 Å². The lowest BCUT2D eigenvalue weighted by Crippen LogP contribution is -1.91. The standard InChI is InChI=1S/C35H14Cl10O2/c1-3-13-26(38)22-21(30(42)27(13)39)32(44)29(41)18-14-8-11(4-6-16(14)46-34(18)22)12-5-7-17-15(9-12)19-28(40)31(43)20-23(35(19)47-17)33(45)25(37)10(2)24(20)36/h4-9H,3H2,1-2H3. The third-order valence-corrected chi connectivity index (χ3v) is 13.2. The van der Waals surface area contributed by atoms with E-state index in [-0.39, 0.29) is 30.1 Å². The summed E-state index contributed by atoms with van der Waals surface area (Å²) >= 11 is 67.7. The molecule has 6 aromatic carbocycles. The molecule has 2 aromatic heterocycles. The van der Waals surface area contributed by atoms with E-state index in [4.69, 9.17) is 125 Å². The fourth-order valence-electron chi connectivity index (χ4n) is 6.42. The van der Waals surface area contributed by atoms with E-state index in [1.165, 1.54) is 0 Å². The molecule has 0 spiro atoms. The zero-order valence-corrected chi connectivity index (χ0v) is 31.3. The Morgan fingerprint density at radius 3 is 1.34 bits per heavy atom. The molecular weight excluding hydrogens is 807 g/mol. The number of fused-ring (bicyclic) bond motifs is 10. The maximum Gasteiger partial charge on any atom is 0.146 e. The van der Waals surface area contributed by atoms with Crippen molar-refractivity contribution in [1.29, 1.82) is 0 Å². The molecule has 0 aliphatic rings. The molecule has 0 N–H and O–H groups in total. The van der Waals surface area contributed by atoms with Crippen molar-refractivity contribution in [3.8, 4) is 11.1 Å². The Morgan fingerprint density at radius 1 is 0.447 bits per heavy atom. The Kier molecular flexibility index (Phi) is 7.92. The summed E-state index contributed by atoms with van der Waals surface area (Å²) in [6, 6.07) is 11.6. The second-order valence-electron chi connectivity index (χ2n) is 11.1. The summed E-state index contributed by atoms with van der Waals surface area (Å²) in [4.78, 5) is 0. The van der Waals surface area contributed by atoms with Crippen LogP contribution in [0.5, 0.6) is 0 Å². The fraction of sp³-hybridized carbons (Fsp3) is 0.0857. The van der Waals surface area contributed by atoms with Gasteiger partial charge in [0, 0.05) is 43.1 Å². The van der Waals surface area contributed by atoms with Gasteiger partial charge in [-0.25, -0.2) is 0 Å². The molecule has 2 nitrogen and oxygen atoms in total. The molecule has 12 heteroatoms. The summed E-state index contributed by atoms with van der Waals surface area (Å²) < 4.78 is 12.7. The Morgan fingerprint density at radius 2 is 0.851 bits per heavy atom. The number of benzene rings is 6. The highest BCUT2D eigenvalue weighted by Crippen LogP contribution is 2.53. The van der Waals surface area contributed by atoms with Crippen molar-refractivity contribution >= 4 is 181 Å². The van der Waals surface area contributed by atoms with Crippen LogP contribution in [0.2, 0.25) is 50.2 Å². The maximum atomic E-state index is 6.92. The Hall–Kier alpha value is -1.66. The molecule has 236 valence electrons. The normalized spacial score (nSPS) is 12.3. The van der Waals surface area contributed by atoms with Crippen LogP contribution in [0, 0.1) is 6.92 Å². The van der Waals surface area contributed by atoms with E-state index in [2.05, 4.69) is 0 Å².